The van der Waals surface area contributed by atoms with Gasteiger partial charge in [-0.25, -0.2) is 0 Å². The highest BCUT2D eigenvalue weighted by Gasteiger charge is 2.11. The van der Waals surface area contributed by atoms with E-state index in [2.05, 4.69) is 70.3 Å². The number of hydrogen-bond acceptors (Lipinski definition) is 1. The molecule has 100 valence electrons. The molecule has 0 atom stereocenters. The Kier molecular flexibility index (Phi) is 3.94. The number of nitrogens with one attached hydrogen (secondary N) is 1. The van der Waals surface area contributed by atoms with Crippen molar-refractivity contribution < 1.29 is 0 Å². The summed E-state index contributed by atoms with van der Waals surface area (Å²) in [6.45, 7) is 11.9. The number of hydrogen-bond donors (Lipinski definition) is 1. The molecule has 0 heterocycles. The van der Waals surface area contributed by atoms with Gasteiger partial charge >= 0.3 is 0 Å². The Morgan fingerprint density at radius 3 is 1.68 bits per heavy atom. The van der Waals surface area contributed by atoms with Gasteiger partial charge in [-0.05, 0) is 68.0 Å². The van der Waals surface area contributed by atoms with E-state index in [1.165, 1.54) is 39.1 Å². The second kappa shape index (κ2) is 5.48. The van der Waals surface area contributed by atoms with Crippen molar-refractivity contribution in [3.8, 4) is 0 Å². The van der Waals surface area contributed by atoms with Crippen LogP contribution in [0.5, 0.6) is 0 Å². The van der Waals surface area contributed by atoms with Crippen molar-refractivity contribution in [3.63, 3.8) is 0 Å². The van der Waals surface area contributed by atoms with Gasteiger partial charge in [-0.2, -0.15) is 0 Å². The molecular formula is C18H23N. The first-order chi connectivity index (χ1) is 9.02. The molecule has 0 saturated heterocycles. The van der Waals surface area contributed by atoms with Gasteiger partial charge in [-0.3, -0.25) is 0 Å². The van der Waals surface area contributed by atoms with Crippen LogP contribution in [0.25, 0.3) is 0 Å². The topological polar surface area (TPSA) is 12.0 Å². The summed E-state index contributed by atoms with van der Waals surface area (Å²) < 4.78 is 0. The van der Waals surface area contributed by atoms with Gasteiger partial charge in [0.1, 0.15) is 0 Å². The van der Waals surface area contributed by atoms with Crippen LogP contribution >= 0.6 is 0 Å². The highest BCUT2D eigenvalue weighted by Crippen LogP contribution is 2.30. The predicted octanol–water partition coefficient (Wildman–Crippen LogP) is 4.84. The molecule has 19 heavy (non-hydrogen) atoms. The van der Waals surface area contributed by atoms with Crippen LogP contribution in [0.2, 0.25) is 0 Å². The molecule has 1 nitrogen and oxygen atoms in total. The van der Waals surface area contributed by atoms with Gasteiger partial charge in [-0.1, -0.05) is 30.3 Å². The van der Waals surface area contributed by atoms with E-state index in [0.717, 1.165) is 6.54 Å². The van der Waals surface area contributed by atoms with Crippen molar-refractivity contribution >= 4 is 5.69 Å². The van der Waals surface area contributed by atoms with Crippen LogP contribution in [0.4, 0.5) is 5.69 Å². The third-order valence-corrected chi connectivity index (χ3v) is 4.31. The summed E-state index contributed by atoms with van der Waals surface area (Å²) in [6, 6.07) is 10.5. The summed E-state index contributed by atoms with van der Waals surface area (Å²) in [5.74, 6) is 0. The van der Waals surface area contributed by atoms with Gasteiger partial charge in [-0.15, -0.1) is 0 Å². The minimum Gasteiger partial charge on any atom is -0.381 e. The fourth-order valence-corrected chi connectivity index (χ4v) is 2.55. The maximum atomic E-state index is 3.61. The Morgan fingerprint density at radius 2 is 1.16 bits per heavy atom. The van der Waals surface area contributed by atoms with Crippen LogP contribution < -0.4 is 5.32 Å². The lowest BCUT2D eigenvalue weighted by Crippen LogP contribution is -2.06. The molecule has 0 saturated carbocycles. The van der Waals surface area contributed by atoms with Crippen molar-refractivity contribution in [2.24, 2.45) is 0 Å². The SMILES string of the molecule is Cc1c(C)c(C)c(NCc2ccccc2)c(C)c1C. The number of anilines is 1. The summed E-state index contributed by atoms with van der Waals surface area (Å²) >= 11 is 0. The first-order valence-corrected chi connectivity index (χ1v) is 6.87. The first kappa shape index (κ1) is 13.7. The number of benzene rings is 2. The first-order valence-electron chi connectivity index (χ1n) is 6.87. The van der Waals surface area contributed by atoms with Crippen LogP contribution in [0.1, 0.15) is 33.4 Å². The normalized spacial score (nSPS) is 10.6. The second-order valence-electron chi connectivity index (χ2n) is 5.34. The molecule has 2 aromatic rings. The fourth-order valence-electron chi connectivity index (χ4n) is 2.55. The average Bonchev–Trinajstić information content (AvgIpc) is 2.44. The van der Waals surface area contributed by atoms with E-state index in [1.54, 1.807) is 0 Å². The molecule has 0 radical (unpaired) electrons. The molecule has 0 bridgehead atoms. The molecule has 0 spiro atoms. The van der Waals surface area contributed by atoms with Crippen molar-refractivity contribution in [3.05, 3.63) is 63.7 Å². The van der Waals surface area contributed by atoms with E-state index in [4.69, 9.17) is 0 Å². The Labute approximate surface area is 116 Å². The Balaban J connectivity index is 2.31. The third kappa shape index (κ3) is 2.65. The fraction of sp³-hybridized carbons (Fsp3) is 0.333. The van der Waals surface area contributed by atoms with Crippen molar-refractivity contribution in [1.29, 1.82) is 0 Å². The van der Waals surface area contributed by atoms with Gasteiger partial charge in [0, 0.05) is 12.2 Å². The monoisotopic (exact) mass is 253 g/mol. The Hall–Kier alpha value is -1.76. The smallest absolute Gasteiger partial charge is 0.0407 e. The largest absolute Gasteiger partial charge is 0.381 e. The van der Waals surface area contributed by atoms with Gasteiger partial charge < -0.3 is 5.32 Å². The van der Waals surface area contributed by atoms with Crippen LogP contribution in [0.3, 0.4) is 0 Å². The summed E-state index contributed by atoms with van der Waals surface area (Å²) in [5, 5.41) is 3.61. The highest BCUT2D eigenvalue weighted by atomic mass is 14.9. The molecular weight excluding hydrogens is 230 g/mol. The molecule has 0 unspecified atom stereocenters. The summed E-state index contributed by atoms with van der Waals surface area (Å²) in [7, 11) is 0. The molecule has 0 aliphatic carbocycles. The third-order valence-electron chi connectivity index (χ3n) is 4.31. The maximum absolute atomic E-state index is 3.61. The lowest BCUT2D eigenvalue weighted by atomic mass is 9.93. The Morgan fingerprint density at radius 1 is 0.684 bits per heavy atom. The van der Waals surface area contributed by atoms with Crippen molar-refractivity contribution in [2.45, 2.75) is 41.2 Å². The lowest BCUT2D eigenvalue weighted by Gasteiger charge is -2.20. The van der Waals surface area contributed by atoms with Gasteiger partial charge in [0.2, 0.25) is 0 Å². The maximum Gasteiger partial charge on any atom is 0.0407 e. The zero-order valence-electron chi connectivity index (χ0n) is 12.6. The molecule has 2 aromatic carbocycles. The lowest BCUT2D eigenvalue weighted by molar-refractivity contribution is 1.10. The molecule has 0 amide bonds. The summed E-state index contributed by atoms with van der Waals surface area (Å²) in [5.41, 5.74) is 9.58. The summed E-state index contributed by atoms with van der Waals surface area (Å²) in [6.07, 6.45) is 0. The predicted molar refractivity (Wildman–Crippen MR) is 83.9 cm³/mol. The van der Waals surface area contributed by atoms with E-state index in [9.17, 15) is 0 Å². The van der Waals surface area contributed by atoms with Crippen LogP contribution in [-0.4, -0.2) is 0 Å². The van der Waals surface area contributed by atoms with E-state index >= 15 is 0 Å². The van der Waals surface area contributed by atoms with Crippen molar-refractivity contribution in [2.75, 3.05) is 5.32 Å². The minimum atomic E-state index is 0.879. The molecule has 0 aromatic heterocycles. The van der Waals surface area contributed by atoms with E-state index in [1.807, 2.05) is 0 Å². The highest BCUT2D eigenvalue weighted by molar-refractivity contribution is 5.64. The van der Waals surface area contributed by atoms with Gasteiger partial charge in [0.25, 0.3) is 0 Å². The Bertz CT molecular complexity index is 553. The van der Waals surface area contributed by atoms with E-state index < -0.39 is 0 Å². The van der Waals surface area contributed by atoms with Crippen LogP contribution in [-0.2, 0) is 6.54 Å². The molecule has 0 fully saturated rings. The van der Waals surface area contributed by atoms with Gasteiger partial charge in [0.05, 0.1) is 0 Å². The molecule has 0 aliphatic heterocycles. The van der Waals surface area contributed by atoms with Crippen molar-refractivity contribution in [1.82, 2.24) is 0 Å². The quantitative estimate of drug-likeness (QED) is 0.825. The molecule has 0 aliphatic rings. The zero-order valence-corrected chi connectivity index (χ0v) is 12.6. The zero-order chi connectivity index (χ0) is 14.0. The summed E-state index contributed by atoms with van der Waals surface area (Å²) in [4.78, 5) is 0. The van der Waals surface area contributed by atoms with Crippen LogP contribution in [0.15, 0.2) is 30.3 Å². The van der Waals surface area contributed by atoms with E-state index in [0.29, 0.717) is 0 Å². The van der Waals surface area contributed by atoms with E-state index in [-0.39, 0.29) is 0 Å². The molecule has 2 rings (SSSR count). The minimum absolute atomic E-state index is 0.879. The van der Waals surface area contributed by atoms with Gasteiger partial charge in [0.15, 0.2) is 0 Å². The second-order valence-corrected chi connectivity index (χ2v) is 5.34. The molecule has 1 heteroatoms. The standard InChI is InChI=1S/C18H23N/c1-12-13(2)15(4)18(16(5)14(12)3)19-11-17-9-7-6-8-10-17/h6-10,19H,11H2,1-5H3. The van der Waals surface area contributed by atoms with Crippen LogP contribution in [0, 0.1) is 34.6 Å². The average molecular weight is 253 g/mol. The number of rotatable bonds is 3. The molecule has 1 N–H and O–H groups in total.